The zero-order valence-corrected chi connectivity index (χ0v) is 14.0. The molecule has 21 heavy (non-hydrogen) atoms. The normalized spacial score (nSPS) is 11.1. The molecule has 2 aromatic heterocycles. The van der Waals surface area contributed by atoms with Gasteiger partial charge in [-0.2, -0.15) is 5.10 Å². The van der Waals surface area contributed by atoms with Crippen molar-refractivity contribution < 1.29 is 0 Å². The van der Waals surface area contributed by atoms with E-state index in [-0.39, 0.29) is 0 Å². The third-order valence-electron chi connectivity index (χ3n) is 3.29. The monoisotopic (exact) mass is 392 g/mol. The van der Waals surface area contributed by atoms with Crippen molar-refractivity contribution in [1.29, 1.82) is 0 Å². The van der Waals surface area contributed by atoms with E-state index in [9.17, 15) is 0 Å². The summed E-state index contributed by atoms with van der Waals surface area (Å²) in [6.45, 7) is 3.97. The third-order valence-corrected chi connectivity index (χ3v) is 3.85. The minimum Gasteiger partial charge on any atom is -0.313 e. The number of hydrogen-bond acceptors (Lipinski definition) is 3. The van der Waals surface area contributed by atoms with Gasteiger partial charge in [-0.1, -0.05) is 25.1 Å². The van der Waals surface area contributed by atoms with Crippen molar-refractivity contribution in [3.05, 3.63) is 51.9 Å². The van der Waals surface area contributed by atoms with Gasteiger partial charge >= 0.3 is 0 Å². The van der Waals surface area contributed by atoms with Crippen molar-refractivity contribution in [2.24, 2.45) is 0 Å². The predicted molar refractivity (Wildman–Crippen MR) is 93.6 cm³/mol. The Balaban J connectivity index is 2.07. The van der Waals surface area contributed by atoms with E-state index in [1.807, 2.05) is 35.3 Å². The van der Waals surface area contributed by atoms with E-state index in [2.05, 4.69) is 52.1 Å². The van der Waals surface area contributed by atoms with Crippen molar-refractivity contribution in [3.8, 4) is 5.82 Å². The summed E-state index contributed by atoms with van der Waals surface area (Å²) >= 11 is 2.27. The molecule has 0 saturated heterocycles. The predicted octanol–water partition coefficient (Wildman–Crippen LogP) is 3.52. The highest BCUT2D eigenvalue weighted by Gasteiger charge is 2.10. The summed E-state index contributed by atoms with van der Waals surface area (Å²) in [6.07, 6.45) is 4.97. The number of hydrogen-bond donors (Lipinski definition) is 1. The fourth-order valence-corrected chi connectivity index (χ4v) is 2.68. The first-order valence-corrected chi connectivity index (χ1v) is 8.15. The zero-order valence-electron chi connectivity index (χ0n) is 11.9. The molecule has 4 nitrogen and oxygen atoms in total. The SMILES string of the molecule is CCCNCc1cc2ccccc2nc1-n1cc(I)cn1. The van der Waals surface area contributed by atoms with Crippen LogP contribution in [0.25, 0.3) is 16.7 Å². The van der Waals surface area contributed by atoms with Crippen molar-refractivity contribution in [3.63, 3.8) is 0 Å². The first kappa shape index (κ1) is 14.5. The fraction of sp³-hybridized carbons (Fsp3) is 0.250. The average Bonchev–Trinajstić information content (AvgIpc) is 2.93. The van der Waals surface area contributed by atoms with Gasteiger partial charge in [-0.15, -0.1) is 0 Å². The molecule has 0 aliphatic carbocycles. The van der Waals surface area contributed by atoms with Gasteiger partial charge in [0, 0.05) is 23.7 Å². The number of para-hydroxylation sites is 1. The molecule has 0 radical (unpaired) electrons. The van der Waals surface area contributed by atoms with Crippen LogP contribution in [0.5, 0.6) is 0 Å². The number of aromatic nitrogens is 3. The molecule has 0 atom stereocenters. The summed E-state index contributed by atoms with van der Waals surface area (Å²) in [6, 6.07) is 10.4. The lowest BCUT2D eigenvalue weighted by molar-refractivity contribution is 0.668. The van der Waals surface area contributed by atoms with E-state index in [0.717, 1.165) is 39.8 Å². The van der Waals surface area contributed by atoms with Crippen molar-refractivity contribution in [2.45, 2.75) is 19.9 Å². The van der Waals surface area contributed by atoms with Gasteiger partial charge in [-0.05, 0) is 47.7 Å². The van der Waals surface area contributed by atoms with Gasteiger partial charge in [0.1, 0.15) is 0 Å². The Morgan fingerprint density at radius 2 is 2.14 bits per heavy atom. The van der Waals surface area contributed by atoms with E-state index < -0.39 is 0 Å². The van der Waals surface area contributed by atoms with Crippen LogP contribution in [-0.4, -0.2) is 21.3 Å². The smallest absolute Gasteiger partial charge is 0.158 e. The van der Waals surface area contributed by atoms with Crippen molar-refractivity contribution in [2.75, 3.05) is 6.54 Å². The third kappa shape index (κ3) is 3.24. The number of nitrogens with zero attached hydrogens (tertiary/aromatic N) is 3. The maximum atomic E-state index is 4.79. The lowest BCUT2D eigenvalue weighted by Gasteiger charge is -2.11. The molecule has 2 heterocycles. The second-order valence-corrected chi connectivity index (χ2v) is 6.19. The molecule has 1 N–H and O–H groups in total. The van der Waals surface area contributed by atoms with E-state index in [1.165, 1.54) is 5.56 Å². The molecule has 3 aromatic rings. The van der Waals surface area contributed by atoms with Crippen LogP contribution in [-0.2, 0) is 6.54 Å². The molecule has 0 unspecified atom stereocenters. The topological polar surface area (TPSA) is 42.7 Å². The highest BCUT2D eigenvalue weighted by atomic mass is 127. The Morgan fingerprint density at radius 3 is 2.90 bits per heavy atom. The second kappa shape index (κ2) is 6.53. The lowest BCUT2D eigenvalue weighted by Crippen LogP contribution is -2.16. The van der Waals surface area contributed by atoms with Crippen LogP contribution >= 0.6 is 22.6 Å². The summed E-state index contributed by atoms with van der Waals surface area (Å²) in [5.41, 5.74) is 2.17. The van der Waals surface area contributed by atoms with Crippen molar-refractivity contribution >= 4 is 33.5 Å². The largest absolute Gasteiger partial charge is 0.313 e. The van der Waals surface area contributed by atoms with Crippen LogP contribution < -0.4 is 5.32 Å². The molecule has 0 aliphatic rings. The van der Waals surface area contributed by atoms with Crippen LogP contribution in [0.1, 0.15) is 18.9 Å². The van der Waals surface area contributed by atoms with Gasteiger partial charge in [0.2, 0.25) is 0 Å². The van der Waals surface area contributed by atoms with Crippen LogP contribution in [0, 0.1) is 3.57 Å². The number of rotatable bonds is 5. The summed E-state index contributed by atoms with van der Waals surface area (Å²) < 4.78 is 2.96. The van der Waals surface area contributed by atoms with E-state index in [1.54, 1.807) is 0 Å². The Morgan fingerprint density at radius 1 is 1.29 bits per heavy atom. The molecule has 0 aliphatic heterocycles. The number of nitrogens with one attached hydrogen (secondary N) is 1. The van der Waals surface area contributed by atoms with Crippen molar-refractivity contribution in [1.82, 2.24) is 20.1 Å². The average molecular weight is 392 g/mol. The first-order valence-electron chi connectivity index (χ1n) is 7.08. The summed E-state index contributed by atoms with van der Waals surface area (Å²) in [4.78, 5) is 4.79. The zero-order chi connectivity index (χ0) is 14.7. The second-order valence-electron chi connectivity index (χ2n) is 4.94. The number of halogens is 1. The maximum Gasteiger partial charge on any atom is 0.158 e. The molecule has 0 fully saturated rings. The Kier molecular flexibility index (Phi) is 4.50. The van der Waals surface area contributed by atoms with Gasteiger partial charge in [0.05, 0.1) is 15.3 Å². The molecular formula is C16H17IN4. The van der Waals surface area contributed by atoms with Crippen LogP contribution in [0.15, 0.2) is 42.7 Å². The number of benzene rings is 1. The Hall–Kier alpha value is -1.47. The summed E-state index contributed by atoms with van der Waals surface area (Å²) in [5, 5.41) is 9.01. The molecule has 5 heteroatoms. The molecule has 0 amide bonds. The van der Waals surface area contributed by atoms with E-state index in [0.29, 0.717) is 0 Å². The van der Waals surface area contributed by atoms with Gasteiger partial charge in [-0.3, -0.25) is 0 Å². The van der Waals surface area contributed by atoms with Crippen LogP contribution in [0.2, 0.25) is 0 Å². The fourth-order valence-electron chi connectivity index (χ4n) is 2.29. The molecule has 0 bridgehead atoms. The van der Waals surface area contributed by atoms with E-state index in [4.69, 9.17) is 4.98 Å². The Bertz CT molecular complexity index is 751. The number of fused-ring (bicyclic) bond motifs is 1. The molecule has 3 rings (SSSR count). The first-order chi connectivity index (χ1) is 10.3. The molecule has 0 saturated carbocycles. The minimum absolute atomic E-state index is 0.803. The highest BCUT2D eigenvalue weighted by molar-refractivity contribution is 14.1. The molecule has 0 spiro atoms. The lowest BCUT2D eigenvalue weighted by atomic mass is 10.1. The summed E-state index contributed by atoms with van der Waals surface area (Å²) in [5.74, 6) is 0.903. The van der Waals surface area contributed by atoms with Crippen LogP contribution in [0.3, 0.4) is 0 Å². The van der Waals surface area contributed by atoms with Gasteiger partial charge in [0.25, 0.3) is 0 Å². The quantitative estimate of drug-likeness (QED) is 0.534. The maximum absolute atomic E-state index is 4.79. The summed E-state index contributed by atoms with van der Waals surface area (Å²) in [7, 11) is 0. The molecular weight excluding hydrogens is 375 g/mol. The Labute approximate surface area is 137 Å². The molecule has 1 aromatic carbocycles. The number of pyridine rings is 1. The van der Waals surface area contributed by atoms with Gasteiger partial charge < -0.3 is 5.32 Å². The van der Waals surface area contributed by atoms with Gasteiger partial charge in [0.15, 0.2) is 5.82 Å². The van der Waals surface area contributed by atoms with Gasteiger partial charge in [-0.25, -0.2) is 9.67 Å². The molecule has 108 valence electrons. The minimum atomic E-state index is 0.803. The van der Waals surface area contributed by atoms with E-state index >= 15 is 0 Å². The standard InChI is InChI=1S/C16H17IN4/c1-2-7-18-9-13-8-12-5-3-4-6-15(12)20-16(13)21-11-14(17)10-19-21/h3-6,8,10-11,18H,2,7,9H2,1H3. The van der Waals surface area contributed by atoms with Crippen LogP contribution in [0.4, 0.5) is 0 Å². The highest BCUT2D eigenvalue weighted by Crippen LogP contribution is 2.20.